The van der Waals surface area contributed by atoms with Crippen molar-refractivity contribution in [3.8, 4) is 0 Å². The van der Waals surface area contributed by atoms with Gasteiger partial charge in [-0.1, -0.05) is 0 Å². The van der Waals surface area contributed by atoms with Gasteiger partial charge in [0.25, 0.3) is 0 Å². The molecule has 7 heteroatoms. The Morgan fingerprint density at radius 3 is 2.80 bits per heavy atom. The van der Waals surface area contributed by atoms with Gasteiger partial charge in [-0.25, -0.2) is 13.1 Å². The summed E-state index contributed by atoms with van der Waals surface area (Å²) in [7, 11) is -3.64. The van der Waals surface area contributed by atoms with Crippen molar-refractivity contribution in [1.29, 1.82) is 0 Å². The van der Waals surface area contributed by atoms with Crippen molar-refractivity contribution < 1.29 is 18.3 Å². The van der Waals surface area contributed by atoms with Crippen LogP contribution < -0.4 is 9.62 Å². The van der Waals surface area contributed by atoms with Gasteiger partial charge in [0.05, 0.1) is 11.5 Å². The van der Waals surface area contributed by atoms with E-state index in [0.717, 1.165) is 11.3 Å². The maximum Gasteiger partial charge on any atom is 0.240 e. The van der Waals surface area contributed by atoms with Crippen molar-refractivity contribution in [2.45, 2.75) is 31.2 Å². The summed E-state index contributed by atoms with van der Waals surface area (Å²) in [5.74, 6) is -0.0496. The second-order valence-electron chi connectivity index (χ2n) is 4.92. The third kappa shape index (κ3) is 2.84. The fourth-order valence-electron chi connectivity index (χ4n) is 2.24. The number of aliphatic hydroxyl groups excluding tert-OH is 1. The van der Waals surface area contributed by atoms with Crippen LogP contribution in [0.25, 0.3) is 0 Å². The van der Waals surface area contributed by atoms with Crippen LogP contribution in [0, 0.1) is 0 Å². The number of aliphatic hydroxyl groups is 1. The van der Waals surface area contributed by atoms with E-state index in [4.69, 9.17) is 5.11 Å². The molecule has 0 spiro atoms. The van der Waals surface area contributed by atoms with Crippen molar-refractivity contribution in [3.63, 3.8) is 0 Å². The van der Waals surface area contributed by atoms with Gasteiger partial charge in [0.15, 0.2) is 0 Å². The number of sulfonamides is 1. The third-order valence-electron chi connectivity index (χ3n) is 3.27. The molecule has 1 aliphatic heterocycles. The van der Waals surface area contributed by atoms with E-state index in [9.17, 15) is 13.2 Å². The largest absolute Gasteiger partial charge is 0.395 e. The molecule has 1 heterocycles. The van der Waals surface area contributed by atoms with Crippen LogP contribution in [-0.4, -0.2) is 38.6 Å². The lowest BCUT2D eigenvalue weighted by atomic mass is 10.2. The minimum absolute atomic E-state index is 0.0496. The first-order valence-electron chi connectivity index (χ1n) is 6.39. The normalized spacial score (nSPS) is 16.1. The predicted octanol–water partition coefficient (Wildman–Crippen LogP) is 0.255. The smallest absolute Gasteiger partial charge is 0.240 e. The van der Waals surface area contributed by atoms with E-state index in [0.29, 0.717) is 13.0 Å². The summed E-state index contributed by atoms with van der Waals surface area (Å²) >= 11 is 0. The third-order valence-corrected chi connectivity index (χ3v) is 4.85. The summed E-state index contributed by atoms with van der Waals surface area (Å²) in [5.41, 5.74) is 1.62. The van der Waals surface area contributed by atoms with E-state index in [2.05, 4.69) is 4.72 Å². The van der Waals surface area contributed by atoms with Crippen LogP contribution in [0.5, 0.6) is 0 Å². The summed E-state index contributed by atoms with van der Waals surface area (Å²) in [6.07, 6.45) is 0.647. The summed E-state index contributed by atoms with van der Waals surface area (Å²) in [4.78, 5) is 13.2. The van der Waals surface area contributed by atoms with Gasteiger partial charge in [0.1, 0.15) is 0 Å². The first-order valence-corrected chi connectivity index (χ1v) is 7.87. The SMILES string of the molecule is CC(=O)N1CCc2cc(S(=O)(=O)NC(C)CO)ccc21. The quantitative estimate of drug-likeness (QED) is 0.834. The number of amides is 1. The highest BCUT2D eigenvalue weighted by molar-refractivity contribution is 7.89. The zero-order valence-corrected chi connectivity index (χ0v) is 12.3. The van der Waals surface area contributed by atoms with Gasteiger partial charge < -0.3 is 10.0 Å². The lowest BCUT2D eigenvalue weighted by Gasteiger charge is -2.15. The molecule has 1 aromatic carbocycles. The summed E-state index contributed by atoms with van der Waals surface area (Å²) in [6, 6.07) is 4.18. The van der Waals surface area contributed by atoms with Gasteiger partial charge in [0, 0.05) is 25.2 Å². The van der Waals surface area contributed by atoms with Gasteiger partial charge >= 0.3 is 0 Å². The number of benzene rings is 1. The van der Waals surface area contributed by atoms with E-state index in [1.807, 2.05) is 0 Å². The Morgan fingerprint density at radius 2 is 2.20 bits per heavy atom. The van der Waals surface area contributed by atoms with Crippen LogP contribution in [0.3, 0.4) is 0 Å². The molecule has 0 saturated heterocycles. The highest BCUT2D eigenvalue weighted by Crippen LogP contribution is 2.30. The Balaban J connectivity index is 2.31. The van der Waals surface area contributed by atoms with E-state index in [1.54, 1.807) is 24.0 Å². The first-order chi connectivity index (χ1) is 9.35. The van der Waals surface area contributed by atoms with Crippen molar-refractivity contribution in [2.75, 3.05) is 18.1 Å². The van der Waals surface area contributed by atoms with E-state index < -0.39 is 16.1 Å². The van der Waals surface area contributed by atoms with Crippen LogP contribution in [0.1, 0.15) is 19.4 Å². The van der Waals surface area contributed by atoms with Crippen LogP contribution in [-0.2, 0) is 21.2 Å². The molecule has 0 bridgehead atoms. The van der Waals surface area contributed by atoms with Crippen molar-refractivity contribution in [2.24, 2.45) is 0 Å². The maximum atomic E-state index is 12.1. The molecule has 1 amide bonds. The van der Waals surface area contributed by atoms with Gasteiger partial charge in [-0.15, -0.1) is 0 Å². The number of nitrogens with zero attached hydrogens (tertiary/aromatic N) is 1. The van der Waals surface area contributed by atoms with Crippen LogP contribution >= 0.6 is 0 Å². The molecule has 20 heavy (non-hydrogen) atoms. The second-order valence-corrected chi connectivity index (χ2v) is 6.63. The number of nitrogens with one attached hydrogen (secondary N) is 1. The number of hydrogen-bond donors (Lipinski definition) is 2. The fraction of sp³-hybridized carbons (Fsp3) is 0.462. The zero-order valence-electron chi connectivity index (χ0n) is 11.5. The van der Waals surface area contributed by atoms with Gasteiger partial charge in [-0.3, -0.25) is 4.79 Å². The maximum absolute atomic E-state index is 12.1. The average molecular weight is 298 g/mol. The molecule has 0 aromatic heterocycles. The molecule has 2 N–H and O–H groups in total. The van der Waals surface area contributed by atoms with Gasteiger partial charge in [0.2, 0.25) is 15.9 Å². The molecule has 2 rings (SSSR count). The van der Waals surface area contributed by atoms with Crippen LogP contribution in [0.2, 0.25) is 0 Å². The fourth-order valence-corrected chi connectivity index (χ4v) is 3.53. The minimum Gasteiger partial charge on any atom is -0.395 e. The number of hydrogen-bond acceptors (Lipinski definition) is 4. The monoisotopic (exact) mass is 298 g/mol. The molecule has 0 fully saturated rings. The standard InChI is InChI=1S/C13H18N2O4S/c1-9(8-16)14-20(18,19)12-3-4-13-11(7-12)5-6-15(13)10(2)17/h3-4,7,9,14,16H,5-6,8H2,1-2H3. The molecule has 110 valence electrons. The zero-order chi connectivity index (χ0) is 14.9. The molecule has 0 aliphatic carbocycles. The van der Waals surface area contributed by atoms with Crippen LogP contribution in [0.15, 0.2) is 23.1 Å². The summed E-state index contributed by atoms with van der Waals surface area (Å²) in [5, 5.41) is 8.92. The molecule has 0 radical (unpaired) electrons. The Labute approximate surface area is 118 Å². The highest BCUT2D eigenvalue weighted by atomic mass is 32.2. The van der Waals surface area contributed by atoms with E-state index in [1.165, 1.54) is 13.0 Å². The van der Waals surface area contributed by atoms with Crippen molar-refractivity contribution in [3.05, 3.63) is 23.8 Å². The Morgan fingerprint density at radius 1 is 1.50 bits per heavy atom. The van der Waals surface area contributed by atoms with Crippen molar-refractivity contribution >= 4 is 21.6 Å². The molecule has 0 saturated carbocycles. The molecule has 1 aliphatic rings. The first kappa shape index (κ1) is 15.0. The minimum atomic E-state index is -3.64. The van der Waals surface area contributed by atoms with Crippen molar-refractivity contribution in [1.82, 2.24) is 4.72 Å². The number of anilines is 1. The highest BCUT2D eigenvalue weighted by Gasteiger charge is 2.25. The van der Waals surface area contributed by atoms with Gasteiger partial charge in [-0.2, -0.15) is 0 Å². The number of carbonyl (C=O) groups excluding carboxylic acids is 1. The number of carbonyl (C=O) groups is 1. The Kier molecular flexibility index (Phi) is 4.12. The molecule has 1 unspecified atom stereocenters. The molecular formula is C13H18N2O4S. The van der Waals surface area contributed by atoms with Gasteiger partial charge in [-0.05, 0) is 37.1 Å². The number of rotatable bonds is 4. The lowest BCUT2D eigenvalue weighted by molar-refractivity contribution is -0.116. The lowest BCUT2D eigenvalue weighted by Crippen LogP contribution is -2.35. The van der Waals surface area contributed by atoms with E-state index in [-0.39, 0.29) is 17.4 Å². The molecular weight excluding hydrogens is 280 g/mol. The predicted molar refractivity (Wildman–Crippen MR) is 75.0 cm³/mol. The molecule has 1 atom stereocenters. The molecule has 6 nitrogen and oxygen atoms in total. The molecule has 1 aromatic rings. The number of fused-ring (bicyclic) bond motifs is 1. The Hall–Kier alpha value is -1.44. The summed E-state index contributed by atoms with van der Waals surface area (Å²) in [6.45, 7) is 3.39. The Bertz CT molecular complexity index is 627. The average Bonchev–Trinajstić information content (AvgIpc) is 2.80. The van der Waals surface area contributed by atoms with E-state index >= 15 is 0 Å². The van der Waals surface area contributed by atoms with Crippen LogP contribution in [0.4, 0.5) is 5.69 Å². The topological polar surface area (TPSA) is 86.7 Å². The summed E-state index contributed by atoms with van der Waals surface area (Å²) < 4.78 is 26.6. The second kappa shape index (κ2) is 5.51.